The van der Waals surface area contributed by atoms with Crippen molar-refractivity contribution in [2.24, 2.45) is 0 Å². The van der Waals surface area contributed by atoms with Crippen molar-refractivity contribution < 1.29 is 13.9 Å². The number of ether oxygens (including phenoxy) is 1. The number of nitrogens with zero attached hydrogens (tertiary/aromatic N) is 1. The summed E-state index contributed by atoms with van der Waals surface area (Å²) in [5.74, 6) is 1.15. The number of fused-ring (bicyclic) bond motifs is 1. The van der Waals surface area contributed by atoms with E-state index in [1.807, 2.05) is 53.4 Å². The second kappa shape index (κ2) is 6.56. The Kier molecular flexibility index (Phi) is 4.25. The molecule has 0 aliphatic heterocycles. The molecule has 1 aliphatic carbocycles. The maximum Gasteiger partial charge on any atom is 0.290 e. The highest BCUT2D eigenvalue weighted by atomic mass is 79.9. The number of rotatable bonds is 5. The van der Waals surface area contributed by atoms with Crippen molar-refractivity contribution in [3.8, 4) is 5.75 Å². The van der Waals surface area contributed by atoms with Crippen LogP contribution in [-0.2, 0) is 6.54 Å². The lowest BCUT2D eigenvalue weighted by Gasteiger charge is -2.21. The van der Waals surface area contributed by atoms with E-state index in [0.717, 1.165) is 34.0 Å². The summed E-state index contributed by atoms with van der Waals surface area (Å²) in [6.45, 7) is 0.575. The van der Waals surface area contributed by atoms with Crippen LogP contribution in [-0.4, -0.2) is 24.0 Å². The van der Waals surface area contributed by atoms with Crippen LogP contribution in [0.3, 0.4) is 0 Å². The van der Waals surface area contributed by atoms with Crippen molar-refractivity contribution in [1.82, 2.24) is 4.90 Å². The summed E-state index contributed by atoms with van der Waals surface area (Å²) >= 11 is 3.47. The van der Waals surface area contributed by atoms with Gasteiger partial charge in [0, 0.05) is 18.0 Å². The molecule has 0 saturated heterocycles. The van der Waals surface area contributed by atoms with Crippen molar-refractivity contribution in [2.45, 2.75) is 25.4 Å². The third-order valence-electron chi connectivity index (χ3n) is 4.47. The van der Waals surface area contributed by atoms with Gasteiger partial charge in [0.05, 0.1) is 11.6 Å². The lowest BCUT2D eigenvalue weighted by Crippen LogP contribution is -2.32. The molecule has 2 aromatic carbocycles. The molecular formula is C20H18BrNO3. The molecule has 5 heteroatoms. The number of carbonyl (C=O) groups is 1. The topological polar surface area (TPSA) is 42.7 Å². The van der Waals surface area contributed by atoms with Crippen LogP contribution in [0, 0.1) is 0 Å². The molecule has 0 unspecified atom stereocenters. The van der Waals surface area contributed by atoms with Gasteiger partial charge in [-0.25, -0.2) is 0 Å². The molecule has 0 spiro atoms. The number of furan rings is 1. The van der Waals surface area contributed by atoms with Crippen LogP contribution in [0.2, 0.25) is 0 Å². The van der Waals surface area contributed by atoms with Crippen molar-refractivity contribution in [3.63, 3.8) is 0 Å². The third-order valence-corrected chi connectivity index (χ3v) is 5.09. The van der Waals surface area contributed by atoms with Crippen LogP contribution in [0.1, 0.15) is 29.0 Å². The van der Waals surface area contributed by atoms with E-state index in [-0.39, 0.29) is 5.91 Å². The second-order valence-corrected chi connectivity index (χ2v) is 7.14. The van der Waals surface area contributed by atoms with Crippen molar-refractivity contribution in [3.05, 3.63) is 64.3 Å². The fourth-order valence-corrected chi connectivity index (χ4v) is 3.42. The summed E-state index contributed by atoms with van der Waals surface area (Å²) in [4.78, 5) is 14.9. The van der Waals surface area contributed by atoms with E-state index in [4.69, 9.17) is 9.15 Å². The minimum absolute atomic E-state index is 0.0542. The quantitative estimate of drug-likeness (QED) is 0.605. The SMILES string of the molecule is COc1ccc(CN(C(=O)c2cc3cccc(Br)c3o2)C2CC2)cc1. The number of carbonyl (C=O) groups excluding carboxylic acids is 1. The minimum atomic E-state index is -0.0542. The number of halogens is 1. The van der Waals surface area contributed by atoms with E-state index < -0.39 is 0 Å². The summed E-state index contributed by atoms with van der Waals surface area (Å²) in [7, 11) is 1.65. The second-order valence-electron chi connectivity index (χ2n) is 6.28. The van der Waals surface area contributed by atoms with Gasteiger partial charge in [-0.15, -0.1) is 0 Å². The van der Waals surface area contributed by atoms with Gasteiger partial charge >= 0.3 is 0 Å². The number of amides is 1. The maximum atomic E-state index is 13.0. The van der Waals surface area contributed by atoms with E-state index in [1.165, 1.54) is 0 Å². The molecule has 128 valence electrons. The van der Waals surface area contributed by atoms with Gasteiger partial charge in [-0.1, -0.05) is 24.3 Å². The Balaban J connectivity index is 1.60. The first kappa shape index (κ1) is 16.2. The zero-order valence-electron chi connectivity index (χ0n) is 13.9. The van der Waals surface area contributed by atoms with Crippen LogP contribution < -0.4 is 4.74 Å². The van der Waals surface area contributed by atoms with E-state index in [0.29, 0.717) is 23.9 Å². The van der Waals surface area contributed by atoms with Crippen molar-refractivity contribution >= 4 is 32.8 Å². The normalized spacial score (nSPS) is 13.8. The first-order chi connectivity index (χ1) is 12.2. The Bertz CT molecular complexity index is 912. The highest BCUT2D eigenvalue weighted by Gasteiger charge is 2.34. The van der Waals surface area contributed by atoms with E-state index >= 15 is 0 Å². The van der Waals surface area contributed by atoms with Crippen LogP contribution in [0.15, 0.2) is 57.4 Å². The summed E-state index contributed by atoms with van der Waals surface area (Å²) in [6, 6.07) is 15.8. The van der Waals surface area contributed by atoms with Crippen LogP contribution in [0.5, 0.6) is 5.75 Å². The van der Waals surface area contributed by atoms with Gasteiger partial charge in [0.2, 0.25) is 0 Å². The van der Waals surface area contributed by atoms with Crippen LogP contribution in [0.4, 0.5) is 0 Å². The zero-order valence-corrected chi connectivity index (χ0v) is 15.5. The average molecular weight is 400 g/mol. The molecule has 4 nitrogen and oxygen atoms in total. The first-order valence-electron chi connectivity index (χ1n) is 8.27. The Morgan fingerprint density at radius 3 is 2.64 bits per heavy atom. The number of hydrogen-bond donors (Lipinski definition) is 0. The van der Waals surface area contributed by atoms with Crippen molar-refractivity contribution in [1.29, 1.82) is 0 Å². The van der Waals surface area contributed by atoms with Gasteiger partial charge in [0.15, 0.2) is 5.76 Å². The molecule has 1 amide bonds. The molecule has 1 heterocycles. The summed E-state index contributed by atoms with van der Waals surface area (Å²) in [5, 5.41) is 0.929. The highest BCUT2D eigenvalue weighted by molar-refractivity contribution is 9.10. The van der Waals surface area contributed by atoms with Gasteiger partial charge in [0.25, 0.3) is 5.91 Å². The molecule has 1 fully saturated rings. The monoisotopic (exact) mass is 399 g/mol. The lowest BCUT2D eigenvalue weighted by atomic mass is 10.2. The van der Waals surface area contributed by atoms with Gasteiger partial charge < -0.3 is 14.1 Å². The molecule has 1 aliphatic rings. The lowest BCUT2D eigenvalue weighted by molar-refractivity contribution is 0.0700. The molecule has 4 rings (SSSR count). The third kappa shape index (κ3) is 3.29. The summed E-state index contributed by atoms with van der Waals surface area (Å²) in [5.41, 5.74) is 1.80. The van der Waals surface area contributed by atoms with Crippen LogP contribution >= 0.6 is 15.9 Å². The van der Waals surface area contributed by atoms with E-state index in [2.05, 4.69) is 15.9 Å². The smallest absolute Gasteiger partial charge is 0.290 e. The van der Waals surface area contributed by atoms with Gasteiger partial charge in [-0.3, -0.25) is 4.79 Å². The molecule has 0 atom stereocenters. The first-order valence-corrected chi connectivity index (χ1v) is 9.07. The maximum absolute atomic E-state index is 13.0. The molecule has 0 radical (unpaired) electrons. The summed E-state index contributed by atoms with van der Waals surface area (Å²) < 4.78 is 11.9. The zero-order chi connectivity index (χ0) is 17.4. The number of benzene rings is 2. The Labute approximate surface area is 154 Å². The molecular weight excluding hydrogens is 382 g/mol. The Hall–Kier alpha value is -2.27. The summed E-state index contributed by atoms with van der Waals surface area (Å²) in [6.07, 6.45) is 2.09. The number of hydrogen-bond acceptors (Lipinski definition) is 3. The Morgan fingerprint density at radius 1 is 1.24 bits per heavy atom. The average Bonchev–Trinajstić information content (AvgIpc) is 3.37. The highest BCUT2D eigenvalue weighted by Crippen LogP contribution is 2.32. The van der Waals surface area contributed by atoms with Crippen LogP contribution in [0.25, 0.3) is 11.0 Å². The van der Waals surface area contributed by atoms with Gasteiger partial charge in [0.1, 0.15) is 11.3 Å². The number of para-hydroxylation sites is 1. The number of methoxy groups -OCH3 is 1. The molecule has 1 saturated carbocycles. The Morgan fingerprint density at radius 2 is 2.00 bits per heavy atom. The van der Waals surface area contributed by atoms with E-state index in [9.17, 15) is 4.79 Å². The standard InChI is InChI=1S/C20H18BrNO3/c1-24-16-9-5-13(6-10-16)12-22(15-7-8-15)20(23)18-11-14-3-2-4-17(21)19(14)25-18/h2-6,9-11,15H,7-8,12H2,1H3. The molecule has 25 heavy (non-hydrogen) atoms. The van der Waals surface area contributed by atoms with Gasteiger partial charge in [-0.05, 0) is 58.6 Å². The largest absolute Gasteiger partial charge is 0.497 e. The molecule has 0 N–H and O–H groups in total. The molecule has 0 bridgehead atoms. The minimum Gasteiger partial charge on any atom is -0.497 e. The molecule has 1 aromatic heterocycles. The predicted molar refractivity (Wildman–Crippen MR) is 99.8 cm³/mol. The fourth-order valence-electron chi connectivity index (χ4n) is 2.96. The predicted octanol–water partition coefficient (Wildman–Crippen LogP) is 5.01. The fraction of sp³-hybridized carbons (Fsp3) is 0.250. The van der Waals surface area contributed by atoms with Gasteiger partial charge in [-0.2, -0.15) is 0 Å². The molecule has 3 aromatic rings. The van der Waals surface area contributed by atoms with E-state index in [1.54, 1.807) is 7.11 Å². The van der Waals surface area contributed by atoms with Crippen molar-refractivity contribution in [2.75, 3.05) is 7.11 Å².